The van der Waals surface area contributed by atoms with Gasteiger partial charge in [-0.1, -0.05) is 29.4 Å². The van der Waals surface area contributed by atoms with E-state index in [-0.39, 0.29) is 0 Å². The molecule has 3 aromatic rings. The van der Waals surface area contributed by atoms with Gasteiger partial charge in [-0.25, -0.2) is 0 Å². The van der Waals surface area contributed by atoms with Gasteiger partial charge in [0.2, 0.25) is 0 Å². The number of hydrogen-bond acceptors (Lipinski definition) is 4. The maximum Gasteiger partial charge on any atom is 0.167 e. The number of fused-ring (bicyclic) bond motifs is 1. The van der Waals surface area contributed by atoms with Crippen LogP contribution < -0.4 is 9.47 Å². The molecule has 4 nitrogen and oxygen atoms in total. The van der Waals surface area contributed by atoms with Crippen molar-refractivity contribution in [3.63, 3.8) is 0 Å². The molecule has 0 amide bonds. The lowest BCUT2D eigenvalue weighted by atomic mass is 10.1. The van der Waals surface area contributed by atoms with Crippen molar-refractivity contribution < 1.29 is 14.0 Å². The molecule has 1 heterocycles. The van der Waals surface area contributed by atoms with Crippen molar-refractivity contribution in [2.75, 3.05) is 14.2 Å². The van der Waals surface area contributed by atoms with Crippen molar-refractivity contribution in [1.82, 2.24) is 5.16 Å². The Bertz CT molecular complexity index is 790. The SMILES string of the molecule is COc1ccc(/C=C/c2onc3ccccc23)cc1OC. The molecular weight excluding hydrogens is 266 g/mol. The second kappa shape index (κ2) is 5.71. The van der Waals surface area contributed by atoms with E-state index in [1.54, 1.807) is 14.2 Å². The van der Waals surface area contributed by atoms with Gasteiger partial charge in [0.15, 0.2) is 17.3 Å². The Morgan fingerprint density at radius 3 is 2.57 bits per heavy atom. The van der Waals surface area contributed by atoms with Gasteiger partial charge in [-0.05, 0) is 35.9 Å². The first-order chi connectivity index (χ1) is 10.3. The Balaban J connectivity index is 1.92. The summed E-state index contributed by atoms with van der Waals surface area (Å²) in [5.41, 5.74) is 1.84. The van der Waals surface area contributed by atoms with Gasteiger partial charge in [-0.3, -0.25) is 0 Å². The molecule has 0 atom stereocenters. The van der Waals surface area contributed by atoms with Gasteiger partial charge >= 0.3 is 0 Å². The highest BCUT2D eigenvalue weighted by molar-refractivity contribution is 5.88. The van der Waals surface area contributed by atoms with E-state index in [1.165, 1.54) is 0 Å². The molecule has 0 aliphatic rings. The highest BCUT2D eigenvalue weighted by Gasteiger charge is 2.05. The van der Waals surface area contributed by atoms with Crippen LogP contribution >= 0.6 is 0 Å². The molecule has 21 heavy (non-hydrogen) atoms. The molecule has 0 saturated heterocycles. The quantitative estimate of drug-likeness (QED) is 0.724. The second-order valence-corrected chi connectivity index (χ2v) is 4.51. The van der Waals surface area contributed by atoms with E-state index in [9.17, 15) is 0 Å². The topological polar surface area (TPSA) is 44.5 Å². The zero-order chi connectivity index (χ0) is 14.7. The Morgan fingerprint density at radius 2 is 1.76 bits per heavy atom. The molecule has 1 aromatic heterocycles. The maximum absolute atomic E-state index is 5.35. The van der Waals surface area contributed by atoms with Crippen LogP contribution in [0, 0.1) is 0 Å². The standard InChI is InChI=1S/C17H15NO3/c1-19-16-10-8-12(11-17(16)20-2)7-9-15-13-5-3-4-6-14(13)18-21-15/h3-11H,1-2H3/b9-7+. The first-order valence-corrected chi connectivity index (χ1v) is 6.56. The van der Waals surface area contributed by atoms with E-state index in [0.29, 0.717) is 11.5 Å². The van der Waals surface area contributed by atoms with Gasteiger partial charge in [0.05, 0.1) is 14.2 Å². The minimum Gasteiger partial charge on any atom is -0.493 e. The molecule has 4 heteroatoms. The summed E-state index contributed by atoms with van der Waals surface area (Å²) in [5, 5.41) is 5.02. The van der Waals surface area contributed by atoms with Crippen LogP contribution in [0.3, 0.4) is 0 Å². The molecule has 106 valence electrons. The van der Waals surface area contributed by atoms with Crippen LogP contribution in [-0.4, -0.2) is 19.4 Å². The summed E-state index contributed by atoms with van der Waals surface area (Å²) in [4.78, 5) is 0. The van der Waals surface area contributed by atoms with E-state index in [1.807, 2.05) is 54.6 Å². The predicted octanol–water partition coefficient (Wildman–Crippen LogP) is 4.02. The zero-order valence-electron chi connectivity index (χ0n) is 11.9. The Labute approximate surface area is 122 Å². The maximum atomic E-state index is 5.35. The van der Waals surface area contributed by atoms with Crippen LogP contribution in [0.5, 0.6) is 11.5 Å². The van der Waals surface area contributed by atoms with Crippen LogP contribution in [-0.2, 0) is 0 Å². The molecule has 3 rings (SSSR count). The summed E-state index contributed by atoms with van der Waals surface area (Å²) < 4.78 is 15.9. The van der Waals surface area contributed by atoms with E-state index in [2.05, 4.69) is 5.16 Å². The highest BCUT2D eigenvalue weighted by atomic mass is 16.5. The molecule has 2 aromatic carbocycles. The molecule has 0 saturated carbocycles. The van der Waals surface area contributed by atoms with E-state index in [4.69, 9.17) is 14.0 Å². The summed E-state index contributed by atoms with van der Waals surface area (Å²) >= 11 is 0. The molecule has 0 N–H and O–H groups in total. The minimum atomic E-state index is 0.696. The normalized spacial score (nSPS) is 11.1. The van der Waals surface area contributed by atoms with Gasteiger partial charge in [-0.15, -0.1) is 0 Å². The average molecular weight is 281 g/mol. The third-order valence-corrected chi connectivity index (χ3v) is 3.25. The molecule has 0 bridgehead atoms. The van der Waals surface area contributed by atoms with Crippen LogP contribution in [0.25, 0.3) is 23.1 Å². The molecule has 0 fully saturated rings. The van der Waals surface area contributed by atoms with E-state index in [0.717, 1.165) is 22.2 Å². The summed E-state index contributed by atoms with van der Waals surface area (Å²) in [6, 6.07) is 13.5. The fraction of sp³-hybridized carbons (Fsp3) is 0.118. The summed E-state index contributed by atoms with van der Waals surface area (Å²) in [6.45, 7) is 0. The molecule has 0 unspecified atom stereocenters. The first-order valence-electron chi connectivity index (χ1n) is 6.56. The summed E-state index contributed by atoms with van der Waals surface area (Å²) in [7, 11) is 3.24. The van der Waals surface area contributed by atoms with Gasteiger partial charge in [0.25, 0.3) is 0 Å². The fourth-order valence-electron chi connectivity index (χ4n) is 2.16. The molecule has 0 aliphatic carbocycles. The van der Waals surface area contributed by atoms with Gasteiger partial charge < -0.3 is 14.0 Å². The number of hydrogen-bond donors (Lipinski definition) is 0. The Hall–Kier alpha value is -2.75. The number of rotatable bonds is 4. The molecule has 0 spiro atoms. The third-order valence-electron chi connectivity index (χ3n) is 3.25. The fourth-order valence-corrected chi connectivity index (χ4v) is 2.16. The van der Waals surface area contributed by atoms with Crippen molar-refractivity contribution >= 4 is 23.1 Å². The molecular formula is C17H15NO3. The monoisotopic (exact) mass is 281 g/mol. The lowest BCUT2D eigenvalue weighted by Gasteiger charge is -2.07. The minimum absolute atomic E-state index is 0.696. The first kappa shape index (κ1) is 13.2. The van der Waals surface area contributed by atoms with Crippen LogP contribution in [0.1, 0.15) is 11.3 Å². The van der Waals surface area contributed by atoms with Gasteiger partial charge in [0.1, 0.15) is 5.52 Å². The number of benzene rings is 2. The Kier molecular flexibility index (Phi) is 3.60. The molecule has 0 radical (unpaired) electrons. The Morgan fingerprint density at radius 1 is 0.952 bits per heavy atom. The van der Waals surface area contributed by atoms with E-state index >= 15 is 0 Å². The largest absolute Gasteiger partial charge is 0.493 e. The van der Waals surface area contributed by atoms with Gasteiger partial charge in [-0.2, -0.15) is 0 Å². The van der Waals surface area contributed by atoms with Crippen LogP contribution in [0.15, 0.2) is 47.0 Å². The summed E-state index contributed by atoms with van der Waals surface area (Å²) in [5.74, 6) is 2.14. The van der Waals surface area contributed by atoms with Crippen molar-refractivity contribution in [1.29, 1.82) is 0 Å². The lowest BCUT2D eigenvalue weighted by Crippen LogP contribution is -1.90. The lowest BCUT2D eigenvalue weighted by molar-refractivity contribution is 0.355. The van der Waals surface area contributed by atoms with Crippen LogP contribution in [0.4, 0.5) is 0 Å². The van der Waals surface area contributed by atoms with Gasteiger partial charge in [0, 0.05) is 5.39 Å². The second-order valence-electron chi connectivity index (χ2n) is 4.51. The summed E-state index contributed by atoms with van der Waals surface area (Å²) in [6.07, 6.45) is 3.85. The van der Waals surface area contributed by atoms with Crippen molar-refractivity contribution in [2.24, 2.45) is 0 Å². The number of nitrogens with zero attached hydrogens (tertiary/aromatic N) is 1. The van der Waals surface area contributed by atoms with Crippen molar-refractivity contribution in [3.8, 4) is 11.5 Å². The zero-order valence-corrected chi connectivity index (χ0v) is 11.9. The number of ether oxygens (including phenoxy) is 2. The van der Waals surface area contributed by atoms with Crippen molar-refractivity contribution in [2.45, 2.75) is 0 Å². The van der Waals surface area contributed by atoms with Crippen molar-refractivity contribution in [3.05, 3.63) is 53.8 Å². The average Bonchev–Trinajstić information content (AvgIpc) is 2.96. The third kappa shape index (κ3) is 2.60. The number of methoxy groups -OCH3 is 2. The highest BCUT2D eigenvalue weighted by Crippen LogP contribution is 2.28. The van der Waals surface area contributed by atoms with Crippen LogP contribution in [0.2, 0.25) is 0 Å². The van der Waals surface area contributed by atoms with E-state index < -0.39 is 0 Å². The smallest absolute Gasteiger partial charge is 0.167 e. The number of aromatic nitrogens is 1. The molecule has 0 aliphatic heterocycles. The predicted molar refractivity (Wildman–Crippen MR) is 82.5 cm³/mol.